The lowest BCUT2D eigenvalue weighted by Crippen LogP contribution is -2.37. The van der Waals surface area contributed by atoms with E-state index in [1.165, 1.54) is 36.7 Å². The Bertz CT molecular complexity index is 632. The lowest BCUT2D eigenvalue weighted by Gasteiger charge is -2.27. The fourth-order valence-corrected chi connectivity index (χ4v) is 2.28. The summed E-state index contributed by atoms with van der Waals surface area (Å²) in [6.07, 6.45) is 1.98. The Morgan fingerprint density at radius 3 is 2.43 bits per heavy atom. The molecule has 1 N–H and O–H groups in total. The Balaban J connectivity index is 2.15. The summed E-state index contributed by atoms with van der Waals surface area (Å²) in [7, 11) is 0. The maximum Gasteiger partial charge on any atom is 0.255 e. The van der Waals surface area contributed by atoms with Crippen LogP contribution in [0.5, 0.6) is 0 Å². The van der Waals surface area contributed by atoms with E-state index in [0.29, 0.717) is 17.7 Å². The van der Waals surface area contributed by atoms with Crippen LogP contribution >= 0.6 is 0 Å². The maximum absolute atomic E-state index is 13.0. The second-order valence-corrected chi connectivity index (χ2v) is 5.80. The van der Waals surface area contributed by atoms with Gasteiger partial charge in [0, 0.05) is 6.54 Å². The standard InChI is InChI=1S/C17H20FN3O2/c1-12(2)10-21(17(23)14-7-8-19-20-9-14)11-16(22)13-3-5-15(18)6-4-13/h3-9,12,16,22H,10-11H2,1-2H3. The normalized spacial score (nSPS) is 12.2. The predicted octanol–water partition coefficient (Wildman–Crippen LogP) is 2.45. The first-order chi connectivity index (χ1) is 11.0. The van der Waals surface area contributed by atoms with Gasteiger partial charge in [0.1, 0.15) is 5.82 Å². The van der Waals surface area contributed by atoms with Gasteiger partial charge in [-0.3, -0.25) is 4.79 Å². The van der Waals surface area contributed by atoms with Crippen molar-refractivity contribution >= 4 is 5.91 Å². The number of carbonyl (C=O) groups is 1. The van der Waals surface area contributed by atoms with Crippen molar-refractivity contribution in [3.05, 3.63) is 59.7 Å². The molecule has 2 rings (SSSR count). The molecule has 1 unspecified atom stereocenters. The molecule has 122 valence electrons. The van der Waals surface area contributed by atoms with Crippen LogP contribution in [0.1, 0.15) is 35.9 Å². The second kappa shape index (κ2) is 7.78. The molecule has 0 aliphatic rings. The Kier molecular flexibility index (Phi) is 5.76. The number of aromatic nitrogens is 2. The van der Waals surface area contributed by atoms with Crippen molar-refractivity contribution < 1.29 is 14.3 Å². The number of carbonyl (C=O) groups excluding carboxylic acids is 1. The monoisotopic (exact) mass is 317 g/mol. The zero-order valence-electron chi connectivity index (χ0n) is 13.2. The Labute approximate surface area is 134 Å². The molecule has 2 aromatic rings. The summed E-state index contributed by atoms with van der Waals surface area (Å²) in [4.78, 5) is 14.2. The van der Waals surface area contributed by atoms with Crippen LogP contribution in [0.2, 0.25) is 0 Å². The summed E-state index contributed by atoms with van der Waals surface area (Å²) in [6, 6.07) is 7.21. The van der Waals surface area contributed by atoms with E-state index in [0.717, 1.165) is 0 Å². The number of rotatable bonds is 6. The smallest absolute Gasteiger partial charge is 0.255 e. The molecule has 0 spiro atoms. The first-order valence-corrected chi connectivity index (χ1v) is 7.47. The van der Waals surface area contributed by atoms with Gasteiger partial charge in [0.2, 0.25) is 0 Å². The molecule has 0 saturated heterocycles. The summed E-state index contributed by atoms with van der Waals surface area (Å²) in [5, 5.41) is 17.7. The Hall–Kier alpha value is -2.34. The van der Waals surface area contributed by atoms with Gasteiger partial charge in [-0.1, -0.05) is 26.0 Å². The highest BCUT2D eigenvalue weighted by Gasteiger charge is 2.21. The van der Waals surface area contributed by atoms with Gasteiger partial charge in [0.05, 0.1) is 30.6 Å². The van der Waals surface area contributed by atoms with E-state index >= 15 is 0 Å². The number of aliphatic hydroxyl groups excluding tert-OH is 1. The molecule has 6 heteroatoms. The zero-order chi connectivity index (χ0) is 16.8. The second-order valence-electron chi connectivity index (χ2n) is 5.80. The van der Waals surface area contributed by atoms with Crippen molar-refractivity contribution in [3.63, 3.8) is 0 Å². The summed E-state index contributed by atoms with van der Waals surface area (Å²) >= 11 is 0. The van der Waals surface area contributed by atoms with Gasteiger partial charge in [-0.2, -0.15) is 10.2 Å². The van der Waals surface area contributed by atoms with E-state index in [4.69, 9.17) is 0 Å². The molecule has 0 bridgehead atoms. The minimum absolute atomic E-state index is 0.130. The third-order valence-electron chi connectivity index (χ3n) is 3.35. The van der Waals surface area contributed by atoms with Crippen molar-refractivity contribution in [2.45, 2.75) is 20.0 Å². The van der Waals surface area contributed by atoms with Gasteiger partial charge in [-0.15, -0.1) is 0 Å². The molecule has 0 saturated carbocycles. The predicted molar refractivity (Wildman–Crippen MR) is 84.1 cm³/mol. The van der Waals surface area contributed by atoms with E-state index in [9.17, 15) is 14.3 Å². The van der Waals surface area contributed by atoms with E-state index in [1.54, 1.807) is 11.0 Å². The highest BCUT2D eigenvalue weighted by Crippen LogP contribution is 2.17. The summed E-state index contributed by atoms with van der Waals surface area (Å²) in [5.74, 6) is -0.331. The summed E-state index contributed by atoms with van der Waals surface area (Å²) < 4.78 is 13.0. The van der Waals surface area contributed by atoms with Crippen LogP contribution in [0.25, 0.3) is 0 Å². The molecule has 1 amide bonds. The molecule has 1 atom stereocenters. The summed E-state index contributed by atoms with van der Waals surface area (Å²) in [5.41, 5.74) is 0.993. The minimum Gasteiger partial charge on any atom is -0.387 e. The van der Waals surface area contributed by atoms with E-state index in [2.05, 4.69) is 10.2 Å². The van der Waals surface area contributed by atoms with Crippen LogP contribution in [-0.2, 0) is 0 Å². The fourth-order valence-electron chi connectivity index (χ4n) is 2.28. The highest BCUT2D eigenvalue weighted by molar-refractivity contribution is 5.93. The van der Waals surface area contributed by atoms with E-state index in [1.807, 2.05) is 13.8 Å². The van der Waals surface area contributed by atoms with Gasteiger partial charge in [-0.05, 0) is 29.7 Å². The molecule has 23 heavy (non-hydrogen) atoms. The van der Waals surface area contributed by atoms with Crippen LogP contribution in [0.15, 0.2) is 42.7 Å². The van der Waals surface area contributed by atoms with Gasteiger partial charge in [0.25, 0.3) is 5.91 Å². The molecule has 1 aromatic carbocycles. The van der Waals surface area contributed by atoms with Crippen LogP contribution in [0, 0.1) is 11.7 Å². The van der Waals surface area contributed by atoms with Crippen LogP contribution < -0.4 is 0 Å². The Morgan fingerprint density at radius 1 is 1.17 bits per heavy atom. The number of aliphatic hydroxyl groups is 1. The average Bonchev–Trinajstić information content (AvgIpc) is 2.54. The molecule has 0 aliphatic heterocycles. The van der Waals surface area contributed by atoms with Crippen LogP contribution in [-0.4, -0.2) is 39.2 Å². The molecule has 0 radical (unpaired) electrons. The topological polar surface area (TPSA) is 66.3 Å². The Morgan fingerprint density at radius 2 is 1.87 bits per heavy atom. The number of nitrogens with zero attached hydrogens (tertiary/aromatic N) is 3. The van der Waals surface area contributed by atoms with Gasteiger partial charge in [-0.25, -0.2) is 4.39 Å². The van der Waals surface area contributed by atoms with Gasteiger partial charge in [0.15, 0.2) is 0 Å². The van der Waals surface area contributed by atoms with E-state index in [-0.39, 0.29) is 24.2 Å². The maximum atomic E-state index is 13.0. The quantitative estimate of drug-likeness (QED) is 0.889. The summed E-state index contributed by atoms with van der Waals surface area (Å²) in [6.45, 7) is 4.62. The van der Waals surface area contributed by atoms with Crippen molar-refractivity contribution in [2.24, 2.45) is 5.92 Å². The third-order valence-corrected chi connectivity index (χ3v) is 3.35. The molecule has 0 fully saturated rings. The number of hydrogen-bond acceptors (Lipinski definition) is 4. The van der Waals surface area contributed by atoms with Gasteiger partial charge < -0.3 is 10.0 Å². The number of halogens is 1. The molecular formula is C17H20FN3O2. The third kappa shape index (κ3) is 4.82. The SMILES string of the molecule is CC(C)CN(CC(O)c1ccc(F)cc1)C(=O)c1ccnnc1. The first-order valence-electron chi connectivity index (χ1n) is 7.47. The zero-order valence-corrected chi connectivity index (χ0v) is 13.2. The van der Waals surface area contributed by atoms with E-state index < -0.39 is 6.10 Å². The highest BCUT2D eigenvalue weighted by atomic mass is 19.1. The first kappa shape index (κ1) is 17.0. The largest absolute Gasteiger partial charge is 0.387 e. The van der Waals surface area contributed by atoms with Crippen LogP contribution in [0.4, 0.5) is 4.39 Å². The molecule has 0 aliphatic carbocycles. The van der Waals surface area contributed by atoms with Crippen molar-refractivity contribution in [1.29, 1.82) is 0 Å². The lowest BCUT2D eigenvalue weighted by molar-refractivity contribution is 0.0594. The van der Waals surface area contributed by atoms with Crippen molar-refractivity contribution in [2.75, 3.05) is 13.1 Å². The minimum atomic E-state index is -0.881. The van der Waals surface area contributed by atoms with Crippen molar-refractivity contribution in [3.8, 4) is 0 Å². The fraction of sp³-hybridized carbons (Fsp3) is 0.353. The lowest BCUT2D eigenvalue weighted by atomic mass is 10.1. The van der Waals surface area contributed by atoms with Crippen molar-refractivity contribution in [1.82, 2.24) is 15.1 Å². The number of amides is 1. The number of hydrogen-bond donors (Lipinski definition) is 1. The average molecular weight is 317 g/mol. The molecule has 1 heterocycles. The molecule has 1 aromatic heterocycles. The van der Waals surface area contributed by atoms with Gasteiger partial charge >= 0.3 is 0 Å². The number of benzene rings is 1. The molecular weight excluding hydrogens is 297 g/mol. The van der Waals surface area contributed by atoms with Crippen LogP contribution in [0.3, 0.4) is 0 Å². The molecule has 5 nitrogen and oxygen atoms in total.